The van der Waals surface area contributed by atoms with E-state index in [0.29, 0.717) is 10.6 Å². The Labute approximate surface area is 131 Å². The monoisotopic (exact) mass is 311 g/mol. The van der Waals surface area contributed by atoms with Crippen molar-refractivity contribution < 1.29 is 0 Å². The number of nitrogens with zero attached hydrogens (tertiary/aromatic N) is 2. The van der Waals surface area contributed by atoms with Gasteiger partial charge in [-0.15, -0.1) is 22.7 Å². The molecule has 21 heavy (non-hydrogen) atoms. The minimum absolute atomic E-state index is 0.564. The highest BCUT2D eigenvalue weighted by atomic mass is 32.1. The van der Waals surface area contributed by atoms with Gasteiger partial charge in [0.05, 0.1) is 26.1 Å². The molecule has 0 amide bonds. The molecule has 104 valence electrons. The zero-order chi connectivity index (χ0) is 15.0. The first-order valence-electron chi connectivity index (χ1n) is 6.44. The van der Waals surface area contributed by atoms with Gasteiger partial charge in [0.15, 0.2) is 0 Å². The van der Waals surface area contributed by atoms with Gasteiger partial charge in [0, 0.05) is 5.56 Å². The van der Waals surface area contributed by atoms with Gasteiger partial charge in [-0.3, -0.25) is 0 Å². The van der Waals surface area contributed by atoms with Gasteiger partial charge in [0.1, 0.15) is 10.9 Å². The Morgan fingerprint density at radius 3 is 2.38 bits per heavy atom. The number of aromatic nitrogens is 1. The van der Waals surface area contributed by atoms with Crippen LogP contribution in [0.15, 0.2) is 30.3 Å². The first kappa shape index (κ1) is 13.8. The van der Waals surface area contributed by atoms with E-state index in [9.17, 15) is 5.26 Å². The van der Waals surface area contributed by atoms with Gasteiger partial charge in [0.2, 0.25) is 0 Å². The molecule has 2 N–H and O–H groups in total. The molecule has 0 atom stereocenters. The summed E-state index contributed by atoms with van der Waals surface area (Å²) in [6.07, 6.45) is 0. The smallest absolute Gasteiger partial charge is 0.129 e. The van der Waals surface area contributed by atoms with Crippen molar-refractivity contribution in [1.82, 2.24) is 4.98 Å². The van der Waals surface area contributed by atoms with Gasteiger partial charge in [-0.2, -0.15) is 5.26 Å². The third-order valence-electron chi connectivity index (χ3n) is 3.22. The molecule has 5 heteroatoms. The van der Waals surface area contributed by atoms with Crippen molar-refractivity contribution in [2.45, 2.75) is 13.8 Å². The van der Waals surface area contributed by atoms with E-state index < -0.39 is 0 Å². The lowest BCUT2D eigenvalue weighted by atomic mass is 10.0. The summed E-state index contributed by atoms with van der Waals surface area (Å²) in [7, 11) is 0. The van der Waals surface area contributed by atoms with Crippen LogP contribution in [0.25, 0.3) is 20.9 Å². The largest absolute Gasteiger partial charge is 0.396 e. The van der Waals surface area contributed by atoms with Crippen LogP contribution in [0.4, 0.5) is 5.69 Å². The number of nitriles is 1. The van der Waals surface area contributed by atoms with Crippen molar-refractivity contribution in [3.8, 4) is 27.0 Å². The molecule has 3 nitrogen and oxygen atoms in total. The molecule has 0 fully saturated rings. The normalized spacial score (nSPS) is 10.5. The number of hydrogen-bond acceptors (Lipinski definition) is 5. The predicted octanol–water partition coefficient (Wildman–Crippen LogP) is 4.61. The highest BCUT2D eigenvalue weighted by molar-refractivity contribution is 7.23. The van der Waals surface area contributed by atoms with Gasteiger partial charge in [0.25, 0.3) is 0 Å². The van der Waals surface area contributed by atoms with Crippen LogP contribution in [0, 0.1) is 25.2 Å². The SMILES string of the molecule is Cc1nc(C)c(-c2sc(C#N)c(N)c2-c2ccccc2)s1. The topological polar surface area (TPSA) is 62.7 Å². The highest BCUT2D eigenvalue weighted by Crippen LogP contribution is 2.47. The lowest BCUT2D eigenvalue weighted by Gasteiger charge is -2.04. The van der Waals surface area contributed by atoms with E-state index in [1.54, 1.807) is 11.3 Å². The summed E-state index contributed by atoms with van der Waals surface area (Å²) in [5, 5.41) is 10.3. The number of thiazole rings is 1. The van der Waals surface area contributed by atoms with Crippen LogP contribution in [0.3, 0.4) is 0 Å². The number of aryl methyl sites for hydroxylation is 2. The van der Waals surface area contributed by atoms with E-state index in [-0.39, 0.29) is 0 Å². The molecule has 0 unspecified atom stereocenters. The fourth-order valence-electron chi connectivity index (χ4n) is 2.32. The van der Waals surface area contributed by atoms with Crippen LogP contribution < -0.4 is 5.73 Å². The molecule has 0 saturated carbocycles. The minimum Gasteiger partial charge on any atom is -0.396 e. The molecule has 3 aromatic rings. The van der Waals surface area contributed by atoms with E-state index in [2.05, 4.69) is 11.1 Å². The summed E-state index contributed by atoms with van der Waals surface area (Å²) in [6.45, 7) is 3.99. The van der Waals surface area contributed by atoms with Crippen molar-refractivity contribution in [2.24, 2.45) is 0 Å². The van der Waals surface area contributed by atoms with E-state index in [1.165, 1.54) is 11.3 Å². The summed E-state index contributed by atoms with van der Waals surface area (Å²) in [5.74, 6) is 0. The van der Waals surface area contributed by atoms with Crippen LogP contribution in [-0.4, -0.2) is 4.98 Å². The molecule has 0 aliphatic rings. The second-order valence-electron chi connectivity index (χ2n) is 4.67. The Bertz CT molecular complexity index is 839. The average Bonchev–Trinajstić information content (AvgIpc) is 2.99. The quantitative estimate of drug-likeness (QED) is 0.751. The molecule has 0 aliphatic carbocycles. The Kier molecular flexibility index (Phi) is 3.50. The Morgan fingerprint density at radius 2 is 1.81 bits per heavy atom. The molecule has 0 saturated heterocycles. The number of hydrogen-bond donors (Lipinski definition) is 1. The standard InChI is InChI=1S/C16H13N3S2/c1-9-15(20-10(2)19-9)16-13(11-6-4-3-5-7-11)14(18)12(8-17)21-16/h3-7H,18H2,1-2H3. The zero-order valence-corrected chi connectivity index (χ0v) is 13.3. The zero-order valence-electron chi connectivity index (χ0n) is 11.7. The Morgan fingerprint density at radius 1 is 1.10 bits per heavy atom. The van der Waals surface area contributed by atoms with Crippen molar-refractivity contribution in [1.29, 1.82) is 5.26 Å². The maximum atomic E-state index is 9.29. The molecule has 3 rings (SSSR count). The summed E-state index contributed by atoms with van der Waals surface area (Å²) in [5.41, 5.74) is 9.75. The third kappa shape index (κ3) is 2.33. The van der Waals surface area contributed by atoms with Crippen LogP contribution in [0.5, 0.6) is 0 Å². The Balaban J connectivity index is 2.31. The van der Waals surface area contributed by atoms with Gasteiger partial charge in [-0.1, -0.05) is 30.3 Å². The lowest BCUT2D eigenvalue weighted by molar-refractivity contribution is 1.20. The Hall–Kier alpha value is -2.16. The van der Waals surface area contributed by atoms with Crippen LogP contribution >= 0.6 is 22.7 Å². The van der Waals surface area contributed by atoms with E-state index >= 15 is 0 Å². The number of thiophene rings is 1. The van der Waals surface area contributed by atoms with Crippen molar-refractivity contribution in [3.63, 3.8) is 0 Å². The van der Waals surface area contributed by atoms with E-state index in [1.807, 2.05) is 44.2 Å². The van der Waals surface area contributed by atoms with Gasteiger partial charge in [-0.25, -0.2) is 4.98 Å². The number of rotatable bonds is 2. The summed E-state index contributed by atoms with van der Waals surface area (Å²) in [4.78, 5) is 7.19. The van der Waals surface area contributed by atoms with E-state index in [4.69, 9.17) is 5.73 Å². The van der Waals surface area contributed by atoms with Crippen LogP contribution in [0.1, 0.15) is 15.6 Å². The number of nitrogens with two attached hydrogens (primary N) is 1. The van der Waals surface area contributed by atoms with Crippen LogP contribution in [0.2, 0.25) is 0 Å². The molecule has 0 spiro atoms. The molecule has 2 aromatic heterocycles. The first-order chi connectivity index (χ1) is 10.1. The second-order valence-corrected chi connectivity index (χ2v) is 6.90. The number of anilines is 1. The van der Waals surface area contributed by atoms with Gasteiger partial charge >= 0.3 is 0 Å². The number of nitrogen functional groups attached to an aromatic ring is 1. The second kappa shape index (κ2) is 5.32. The molecule has 0 radical (unpaired) electrons. The maximum absolute atomic E-state index is 9.29. The summed E-state index contributed by atoms with van der Waals surface area (Å²) >= 11 is 3.09. The highest BCUT2D eigenvalue weighted by Gasteiger charge is 2.21. The van der Waals surface area contributed by atoms with Gasteiger partial charge in [-0.05, 0) is 19.4 Å². The molecular weight excluding hydrogens is 298 g/mol. The molecule has 0 aliphatic heterocycles. The van der Waals surface area contributed by atoms with Crippen molar-refractivity contribution in [2.75, 3.05) is 5.73 Å². The molecule has 2 heterocycles. The minimum atomic E-state index is 0.564. The van der Waals surface area contributed by atoms with E-state index in [0.717, 1.165) is 31.6 Å². The number of benzene rings is 1. The summed E-state index contributed by atoms with van der Waals surface area (Å²) < 4.78 is 0. The van der Waals surface area contributed by atoms with Gasteiger partial charge < -0.3 is 5.73 Å². The average molecular weight is 311 g/mol. The maximum Gasteiger partial charge on any atom is 0.129 e. The van der Waals surface area contributed by atoms with Crippen molar-refractivity contribution >= 4 is 28.4 Å². The lowest BCUT2D eigenvalue weighted by Crippen LogP contribution is -1.89. The summed E-state index contributed by atoms with van der Waals surface area (Å²) in [6, 6.07) is 12.2. The first-order valence-corrected chi connectivity index (χ1v) is 8.07. The predicted molar refractivity (Wildman–Crippen MR) is 89.5 cm³/mol. The molecule has 1 aromatic carbocycles. The molecule has 0 bridgehead atoms. The van der Waals surface area contributed by atoms with Crippen LogP contribution in [-0.2, 0) is 0 Å². The fourth-order valence-corrected chi connectivity index (χ4v) is 4.47. The third-order valence-corrected chi connectivity index (χ3v) is 5.57. The fraction of sp³-hybridized carbons (Fsp3) is 0.125. The van der Waals surface area contributed by atoms with Crippen molar-refractivity contribution in [3.05, 3.63) is 45.9 Å². The molecular formula is C16H13N3S2.